The van der Waals surface area contributed by atoms with Gasteiger partial charge in [0.1, 0.15) is 0 Å². The van der Waals surface area contributed by atoms with Gasteiger partial charge in [0, 0.05) is 17.5 Å². The number of aromatic nitrogens is 1. The predicted molar refractivity (Wildman–Crippen MR) is 108 cm³/mol. The lowest BCUT2D eigenvalue weighted by molar-refractivity contribution is 0.966. The number of fused-ring (bicyclic) bond motifs is 5. The maximum atomic E-state index is 10.0. The highest BCUT2D eigenvalue weighted by Gasteiger charge is 2.30. The Bertz CT molecular complexity index is 1240. The molecular formula is C24H17N3. The van der Waals surface area contributed by atoms with Gasteiger partial charge in [-0.15, -0.1) is 0 Å². The molecule has 4 aromatic rings. The number of allylic oxidation sites excluding steroid dienone is 1. The number of nitrogens with zero attached hydrogens (tertiary/aromatic N) is 2. The fourth-order valence-electron chi connectivity index (χ4n) is 4.13. The van der Waals surface area contributed by atoms with Crippen molar-refractivity contribution in [3.05, 3.63) is 107 Å². The zero-order chi connectivity index (χ0) is 18.4. The van der Waals surface area contributed by atoms with Gasteiger partial charge < -0.3 is 10.3 Å². The van der Waals surface area contributed by atoms with Gasteiger partial charge in [0.15, 0.2) is 0 Å². The standard InChI is InChI=1S/C24H17N3/c25-15-20-22(17-8-2-1-3-9-17)19-13-12-16-7-4-5-10-18(16)24(19)27-14-6-11-21(27)23(20)26/h1-14,22H,26H2. The highest BCUT2D eigenvalue weighted by atomic mass is 15.0. The van der Waals surface area contributed by atoms with Crippen molar-refractivity contribution in [2.75, 3.05) is 0 Å². The normalized spacial score (nSPS) is 15.7. The molecule has 128 valence electrons. The summed E-state index contributed by atoms with van der Waals surface area (Å²) in [7, 11) is 0. The second kappa shape index (κ2) is 5.89. The molecule has 1 atom stereocenters. The van der Waals surface area contributed by atoms with Gasteiger partial charge in [-0.3, -0.25) is 0 Å². The van der Waals surface area contributed by atoms with Crippen LogP contribution in [0.15, 0.2) is 90.6 Å². The number of rotatable bonds is 1. The van der Waals surface area contributed by atoms with Gasteiger partial charge >= 0.3 is 0 Å². The number of nitriles is 1. The number of hydrogen-bond acceptors (Lipinski definition) is 2. The SMILES string of the molecule is N#CC1=C(N)c2cccn2-c2c(ccc3ccccc23)C1c1ccccc1. The Balaban J connectivity index is 1.96. The molecule has 0 radical (unpaired) electrons. The Labute approximate surface area is 157 Å². The Morgan fingerprint density at radius 3 is 2.44 bits per heavy atom. The monoisotopic (exact) mass is 347 g/mol. The largest absolute Gasteiger partial charge is 0.396 e. The summed E-state index contributed by atoms with van der Waals surface area (Å²) in [4.78, 5) is 0. The minimum atomic E-state index is -0.198. The van der Waals surface area contributed by atoms with Crippen molar-refractivity contribution in [2.45, 2.75) is 5.92 Å². The van der Waals surface area contributed by atoms with Crippen LogP contribution in [0.1, 0.15) is 22.7 Å². The van der Waals surface area contributed by atoms with Gasteiger partial charge in [0.05, 0.1) is 28.7 Å². The summed E-state index contributed by atoms with van der Waals surface area (Å²) in [5.74, 6) is -0.198. The van der Waals surface area contributed by atoms with Crippen LogP contribution in [0.2, 0.25) is 0 Å². The van der Waals surface area contributed by atoms with E-state index in [0.717, 1.165) is 27.9 Å². The molecule has 0 saturated heterocycles. The summed E-state index contributed by atoms with van der Waals surface area (Å²) in [5, 5.41) is 12.3. The lowest BCUT2D eigenvalue weighted by atomic mass is 9.83. The molecule has 1 unspecified atom stereocenters. The Morgan fingerprint density at radius 2 is 1.63 bits per heavy atom. The molecule has 5 rings (SSSR count). The van der Waals surface area contributed by atoms with Gasteiger partial charge in [0.25, 0.3) is 0 Å². The number of nitrogens with two attached hydrogens (primary N) is 1. The molecule has 1 aromatic heterocycles. The summed E-state index contributed by atoms with van der Waals surface area (Å²) in [5.41, 5.74) is 11.8. The van der Waals surface area contributed by atoms with Crippen molar-refractivity contribution in [3.63, 3.8) is 0 Å². The molecule has 2 N–H and O–H groups in total. The highest BCUT2D eigenvalue weighted by Crippen LogP contribution is 2.43. The molecule has 0 spiro atoms. The van der Waals surface area contributed by atoms with Crippen molar-refractivity contribution in [1.29, 1.82) is 5.26 Å². The van der Waals surface area contributed by atoms with Crippen LogP contribution in [0.3, 0.4) is 0 Å². The third-order valence-corrected chi connectivity index (χ3v) is 5.34. The topological polar surface area (TPSA) is 54.7 Å². The van der Waals surface area contributed by atoms with Crippen LogP contribution >= 0.6 is 0 Å². The van der Waals surface area contributed by atoms with E-state index in [2.05, 4.69) is 53.1 Å². The quantitative estimate of drug-likeness (QED) is 0.528. The first-order chi connectivity index (χ1) is 13.3. The van der Waals surface area contributed by atoms with E-state index in [1.54, 1.807) is 0 Å². The van der Waals surface area contributed by atoms with E-state index in [1.165, 1.54) is 5.39 Å². The Kier molecular flexibility index (Phi) is 3.38. The molecule has 0 amide bonds. The predicted octanol–water partition coefficient (Wildman–Crippen LogP) is 4.97. The van der Waals surface area contributed by atoms with Crippen LogP contribution in [0, 0.1) is 11.3 Å². The van der Waals surface area contributed by atoms with E-state index in [9.17, 15) is 5.26 Å². The first kappa shape index (κ1) is 15.5. The van der Waals surface area contributed by atoms with Crippen LogP contribution in [-0.2, 0) is 0 Å². The fourth-order valence-corrected chi connectivity index (χ4v) is 4.13. The van der Waals surface area contributed by atoms with E-state index in [-0.39, 0.29) is 5.92 Å². The van der Waals surface area contributed by atoms with E-state index in [4.69, 9.17) is 5.73 Å². The molecule has 3 heteroatoms. The first-order valence-electron chi connectivity index (χ1n) is 8.94. The van der Waals surface area contributed by atoms with Gasteiger partial charge in [-0.05, 0) is 28.6 Å². The summed E-state index contributed by atoms with van der Waals surface area (Å²) < 4.78 is 2.12. The van der Waals surface area contributed by atoms with Crippen LogP contribution in [0.5, 0.6) is 0 Å². The van der Waals surface area contributed by atoms with Crippen LogP contribution in [0.25, 0.3) is 22.2 Å². The molecule has 0 bridgehead atoms. The average molecular weight is 347 g/mol. The zero-order valence-corrected chi connectivity index (χ0v) is 14.6. The maximum absolute atomic E-state index is 10.0. The van der Waals surface area contributed by atoms with Crippen LogP contribution < -0.4 is 5.73 Å². The molecule has 0 fully saturated rings. The lowest BCUT2D eigenvalue weighted by Crippen LogP contribution is -2.08. The fraction of sp³-hybridized carbons (Fsp3) is 0.0417. The average Bonchev–Trinajstić information content (AvgIpc) is 3.17. The van der Waals surface area contributed by atoms with Gasteiger partial charge in [-0.25, -0.2) is 0 Å². The smallest absolute Gasteiger partial charge is 0.0979 e. The molecular weight excluding hydrogens is 330 g/mol. The van der Waals surface area contributed by atoms with Crippen molar-refractivity contribution in [1.82, 2.24) is 4.57 Å². The second-order valence-electron chi connectivity index (χ2n) is 6.77. The minimum Gasteiger partial charge on any atom is -0.396 e. The molecule has 1 aliphatic heterocycles. The summed E-state index contributed by atoms with van der Waals surface area (Å²) in [6.45, 7) is 0. The number of benzene rings is 3. The summed E-state index contributed by atoms with van der Waals surface area (Å²) in [6, 6.07) is 29.1. The van der Waals surface area contributed by atoms with Crippen LogP contribution in [0.4, 0.5) is 0 Å². The van der Waals surface area contributed by atoms with E-state index >= 15 is 0 Å². The van der Waals surface area contributed by atoms with Crippen LogP contribution in [-0.4, -0.2) is 4.57 Å². The molecule has 0 aliphatic carbocycles. The van der Waals surface area contributed by atoms with E-state index in [1.807, 2.05) is 42.6 Å². The molecule has 1 aliphatic rings. The molecule has 27 heavy (non-hydrogen) atoms. The Hall–Kier alpha value is -3.77. The summed E-state index contributed by atoms with van der Waals surface area (Å²) in [6.07, 6.45) is 2.02. The maximum Gasteiger partial charge on any atom is 0.0979 e. The van der Waals surface area contributed by atoms with Crippen molar-refractivity contribution in [3.8, 4) is 11.8 Å². The minimum absolute atomic E-state index is 0.198. The molecule has 2 heterocycles. The molecule has 3 aromatic carbocycles. The zero-order valence-electron chi connectivity index (χ0n) is 14.6. The Morgan fingerprint density at radius 1 is 0.852 bits per heavy atom. The van der Waals surface area contributed by atoms with E-state index in [0.29, 0.717) is 11.3 Å². The van der Waals surface area contributed by atoms with Gasteiger partial charge in [-0.1, -0.05) is 66.7 Å². The van der Waals surface area contributed by atoms with Crippen molar-refractivity contribution < 1.29 is 0 Å². The number of hydrogen-bond donors (Lipinski definition) is 1. The second-order valence-corrected chi connectivity index (χ2v) is 6.77. The van der Waals surface area contributed by atoms with Gasteiger partial charge in [0.2, 0.25) is 0 Å². The van der Waals surface area contributed by atoms with E-state index < -0.39 is 0 Å². The molecule has 0 saturated carbocycles. The third kappa shape index (κ3) is 2.21. The summed E-state index contributed by atoms with van der Waals surface area (Å²) >= 11 is 0. The van der Waals surface area contributed by atoms with Crippen molar-refractivity contribution >= 4 is 16.5 Å². The highest BCUT2D eigenvalue weighted by molar-refractivity contribution is 5.94. The lowest BCUT2D eigenvalue weighted by Gasteiger charge is -2.21. The van der Waals surface area contributed by atoms with Crippen molar-refractivity contribution in [2.24, 2.45) is 5.73 Å². The first-order valence-corrected chi connectivity index (χ1v) is 8.94. The molecule has 3 nitrogen and oxygen atoms in total. The van der Waals surface area contributed by atoms with Gasteiger partial charge in [-0.2, -0.15) is 5.26 Å². The third-order valence-electron chi connectivity index (χ3n) is 5.34.